The molecule has 1 amide bonds. The first-order valence-corrected chi connectivity index (χ1v) is 12.2. The minimum Gasteiger partial charge on any atom is -0.381 e. The second kappa shape index (κ2) is 7.61. The van der Waals surface area contributed by atoms with Crippen LogP contribution in [0.4, 0.5) is 5.69 Å². The minimum atomic E-state index is -0.760. The lowest BCUT2D eigenvalue weighted by Gasteiger charge is -2.45. The number of carbonyl (C=O) groups is 1. The highest BCUT2D eigenvalue weighted by Crippen LogP contribution is 2.62. The highest BCUT2D eigenvalue weighted by atomic mass is 16.5. The molecule has 5 rings (SSSR count). The summed E-state index contributed by atoms with van der Waals surface area (Å²) in [5.41, 5.74) is 2.89. The summed E-state index contributed by atoms with van der Waals surface area (Å²) in [6.45, 7) is 6.61. The van der Waals surface area contributed by atoms with Gasteiger partial charge in [0.15, 0.2) is 5.54 Å². The van der Waals surface area contributed by atoms with E-state index in [1.165, 1.54) is 29.7 Å². The quantitative estimate of drug-likeness (QED) is 0.715. The molecule has 1 aromatic carbocycles. The van der Waals surface area contributed by atoms with Crippen LogP contribution in [0.5, 0.6) is 0 Å². The van der Waals surface area contributed by atoms with Crippen molar-refractivity contribution >= 4 is 17.4 Å². The van der Waals surface area contributed by atoms with E-state index in [-0.39, 0.29) is 17.2 Å². The molecule has 4 aliphatic rings. The van der Waals surface area contributed by atoms with Crippen LogP contribution in [0.1, 0.15) is 69.9 Å². The molecule has 0 N–H and O–H groups in total. The van der Waals surface area contributed by atoms with Crippen molar-refractivity contribution in [3.8, 4) is 0 Å². The Hall–Kier alpha value is -1.88. The number of methoxy groups -OCH3 is 1. The summed E-state index contributed by atoms with van der Waals surface area (Å²) in [6, 6.07) is 6.90. The number of carbonyl (C=O) groups excluding carboxylic acids is 1. The van der Waals surface area contributed by atoms with Crippen LogP contribution < -0.4 is 4.90 Å². The Morgan fingerprint density at radius 1 is 1.23 bits per heavy atom. The van der Waals surface area contributed by atoms with Crippen LogP contribution in [0, 0.1) is 11.3 Å². The number of aliphatic imine (C=N–C) groups is 1. The average molecular weight is 424 g/mol. The van der Waals surface area contributed by atoms with Crippen molar-refractivity contribution in [2.75, 3.05) is 32.1 Å². The molecule has 0 bridgehead atoms. The zero-order valence-corrected chi connectivity index (χ0v) is 19.6. The van der Waals surface area contributed by atoms with Crippen molar-refractivity contribution in [1.82, 2.24) is 4.90 Å². The molecule has 5 nitrogen and oxygen atoms in total. The molecule has 31 heavy (non-hydrogen) atoms. The van der Waals surface area contributed by atoms with Gasteiger partial charge in [0, 0.05) is 44.3 Å². The number of rotatable bonds is 4. The van der Waals surface area contributed by atoms with Gasteiger partial charge in [0.1, 0.15) is 5.84 Å². The lowest BCUT2D eigenvalue weighted by atomic mass is 9.61. The number of likely N-dealkylation sites (N-methyl/N-ethyl adjacent to an activating group) is 1. The summed E-state index contributed by atoms with van der Waals surface area (Å²) in [5.74, 6) is 1.45. The molecule has 2 aliphatic carbocycles. The van der Waals surface area contributed by atoms with E-state index in [9.17, 15) is 4.79 Å². The van der Waals surface area contributed by atoms with Gasteiger partial charge in [-0.2, -0.15) is 0 Å². The monoisotopic (exact) mass is 423 g/mol. The smallest absolute Gasteiger partial charge is 0.260 e. The third kappa shape index (κ3) is 2.92. The van der Waals surface area contributed by atoms with E-state index in [2.05, 4.69) is 36.9 Å². The van der Waals surface area contributed by atoms with Gasteiger partial charge in [0.25, 0.3) is 5.91 Å². The van der Waals surface area contributed by atoms with Crippen LogP contribution in [-0.2, 0) is 21.5 Å². The van der Waals surface area contributed by atoms with E-state index >= 15 is 0 Å². The second-order valence-corrected chi connectivity index (χ2v) is 10.3. The third-order valence-electron chi connectivity index (χ3n) is 8.77. The van der Waals surface area contributed by atoms with E-state index in [0.29, 0.717) is 6.10 Å². The van der Waals surface area contributed by atoms with Gasteiger partial charge in [-0.15, -0.1) is 0 Å². The summed E-state index contributed by atoms with van der Waals surface area (Å²) in [7, 11) is 3.76. The summed E-state index contributed by atoms with van der Waals surface area (Å²) in [6.07, 6.45) is 8.77. The predicted octanol–water partition coefficient (Wildman–Crippen LogP) is 4.53. The summed E-state index contributed by atoms with van der Waals surface area (Å²) >= 11 is 0. The third-order valence-corrected chi connectivity index (χ3v) is 8.77. The number of anilines is 1. The number of amidine groups is 1. The number of nitrogens with zero attached hydrogens (tertiary/aromatic N) is 3. The summed E-state index contributed by atoms with van der Waals surface area (Å²) in [5, 5.41) is 0. The molecule has 2 aliphatic heterocycles. The van der Waals surface area contributed by atoms with Crippen molar-refractivity contribution in [1.29, 1.82) is 0 Å². The fourth-order valence-electron chi connectivity index (χ4n) is 6.71. The Morgan fingerprint density at radius 3 is 2.58 bits per heavy atom. The lowest BCUT2D eigenvalue weighted by Crippen LogP contribution is -2.51. The van der Waals surface area contributed by atoms with Crippen LogP contribution >= 0.6 is 0 Å². The Bertz CT molecular complexity index is 896. The Kier molecular flexibility index (Phi) is 5.16. The van der Waals surface area contributed by atoms with Crippen LogP contribution in [0.25, 0.3) is 0 Å². The van der Waals surface area contributed by atoms with Gasteiger partial charge in [-0.25, -0.2) is 4.99 Å². The van der Waals surface area contributed by atoms with Crippen LogP contribution in [0.2, 0.25) is 0 Å². The van der Waals surface area contributed by atoms with E-state index in [0.717, 1.165) is 57.5 Å². The molecule has 2 atom stereocenters. The average Bonchev–Trinajstić information content (AvgIpc) is 3.48. The van der Waals surface area contributed by atoms with Crippen molar-refractivity contribution in [2.45, 2.75) is 76.9 Å². The topological polar surface area (TPSA) is 45.1 Å². The molecule has 2 heterocycles. The largest absolute Gasteiger partial charge is 0.381 e. The molecular weight excluding hydrogens is 386 g/mol. The fraction of sp³-hybridized carbons (Fsp3) is 0.692. The van der Waals surface area contributed by atoms with Crippen molar-refractivity contribution < 1.29 is 9.53 Å². The van der Waals surface area contributed by atoms with E-state index in [1.54, 1.807) is 0 Å². The number of benzene rings is 1. The zero-order chi connectivity index (χ0) is 21.8. The molecule has 1 saturated carbocycles. The van der Waals surface area contributed by atoms with Gasteiger partial charge < -0.3 is 14.5 Å². The maximum absolute atomic E-state index is 14.1. The molecule has 2 spiro atoms. The Labute approximate surface area is 186 Å². The number of ether oxygens (including phenoxy) is 1. The molecule has 1 aromatic rings. The second-order valence-electron chi connectivity index (χ2n) is 10.3. The van der Waals surface area contributed by atoms with E-state index in [4.69, 9.17) is 9.73 Å². The fourth-order valence-corrected chi connectivity index (χ4v) is 6.71. The lowest BCUT2D eigenvalue weighted by molar-refractivity contribution is -0.137. The Morgan fingerprint density at radius 2 is 1.94 bits per heavy atom. The van der Waals surface area contributed by atoms with Crippen molar-refractivity contribution in [3.05, 3.63) is 29.3 Å². The van der Waals surface area contributed by atoms with Crippen LogP contribution in [-0.4, -0.2) is 50.0 Å². The maximum atomic E-state index is 14.1. The maximum Gasteiger partial charge on any atom is 0.260 e. The molecule has 0 radical (unpaired) electrons. The van der Waals surface area contributed by atoms with Gasteiger partial charge in [-0.05, 0) is 74.6 Å². The SMILES string of the molecule is CCC(C)C1=NC2(C(=O)N1C)c1cc(N3CCCC3)ccc1CC21CCC(OC)CC1. The minimum absolute atomic E-state index is 0.130. The van der Waals surface area contributed by atoms with Crippen LogP contribution in [0.15, 0.2) is 23.2 Å². The van der Waals surface area contributed by atoms with Gasteiger partial charge in [-0.3, -0.25) is 4.79 Å². The molecule has 2 fully saturated rings. The first-order valence-electron chi connectivity index (χ1n) is 12.2. The predicted molar refractivity (Wildman–Crippen MR) is 125 cm³/mol. The number of hydrogen-bond acceptors (Lipinski definition) is 4. The van der Waals surface area contributed by atoms with E-state index in [1.807, 2.05) is 19.1 Å². The van der Waals surface area contributed by atoms with Crippen molar-refractivity contribution in [2.24, 2.45) is 16.3 Å². The molecule has 168 valence electrons. The van der Waals surface area contributed by atoms with Gasteiger partial charge in [0.05, 0.1) is 6.10 Å². The van der Waals surface area contributed by atoms with E-state index < -0.39 is 5.54 Å². The van der Waals surface area contributed by atoms with Crippen molar-refractivity contribution in [3.63, 3.8) is 0 Å². The zero-order valence-electron chi connectivity index (χ0n) is 19.6. The Balaban J connectivity index is 1.66. The molecule has 1 saturated heterocycles. The van der Waals surface area contributed by atoms with Crippen LogP contribution in [0.3, 0.4) is 0 Å². The molecule has 2 unspecified atom stereocenters. The standard InChI is InChI=1S/C26H37N3O2/c1-5-18(2)23-27-26(24(30)28(23)3)22-16-20(29-14-6-7-15-29)9-8-19(22)17-25(26)12-10-21(31-4)11-13-25/h8-9,16,18,21H,5-7,10-15,17H2,1-4H3. The normalized spacial score (nSPS) is 33.5. The number of hydrogen-bond donors (Lipinski definition) is 0. The highest BCUT2D eigenvalue weighted by Gasteiger charge is 2.66. The van der Waals surface area contributed by atoms with Gasteiger partial charge in [-0.1, -0.05) is 19.9 Å². The van der Waals surface area contributed by atoms with Gasteiger partial charge in [0.2, 0.25) is 0 Å². The highest BCUT2D eigenvalue weighted by molar-refractivity contribution is 6.10. The number of amides is 1. The summed E-state index contributed by atoms with van der Waals surface area (Å²) in [4.78, 5) is 23.9. The molecule has 0 aromatic heterocycles. The number of fused-ring (bicyclic) bond motifs is 3. The molecular formula is C26H37N3O2. The first-order chi connectivity index (χ1) is 15.0. The first kappa shape index (κ1) is 21.0. The molecule has 5 heteroatoms. The van der Waals surface area contributed by atoms with Gasteiger partial charge >= 0.3 is 0 Å². The summed E-state index contributed by atoms with van der Waals surface area (Å²) < 4.78 is 5.70.